The van der Waals surface area contributed by atoms with Crippen LogP contribution < -0.4 is 16.0 Å². The lowest BCUT2D eigenvalue weighted by Crippen LogP contribution is -2.42. The van der Waals surface area contributed by atoms with Gasteiger partial charge in [0.25, 0.3) is 5.56 Å². The molecule has 0 amide bonds. The number of nitrogens with zero attached hydrogens (tertiary/aromatic N) is 1. The smallest absolute Gasteiger partial charge is 0.267 e. The first-order valence-corrected chi connectivity index (χ1v) is 5.68. The van der Waals surface area contributed by atoms with Crippen molar-refractivity contribution in [2.45, 2.75) is 34.1 Å². The Kier molecular flexibility index (Phi) is 6.88. The molecule has 1 aromatic heterocycles. The van der Waals surface area contributed by atoms with Crippen molar-refractivity contribution in [3.05, 3.63) is 33.1 Å². The Morgan fingerprint density at radius 1 is 1.47 bits per heavy atom. The zero-order chi connectivity index (χ0) is 11.8. The van der Waals surface area contributed by atoms with Crippen molar-refractivity contribution < 1.29 is 0 Å². The van der Waals surface area contributed by atoms with Gasteiger partial charge in [-0.2, -0.15) is 0 Å². The third kappa shape index (κ3) is 3.59. The Labute approximate surface area is 96.5 Å². The molecule has 1 rings (SSSR count). The molecule has 0 saturated carbocycles. The molecule has 0 unspecified atom stereocenters. The first-order chi connectivity index (χ1) is 7.20. The van der Waals surface area contributed by atoms with E-state index in [2.05, 4.69) is 12.8 Å². The maximum absolute atomic E-state index is 11.5. The highest BCUT2D eigenvalue weighted by Crippen LogP contribution is 1.77. The highest BCUT2D eigenvalue weighted by Gasteiger charge is 1.92. The average molecular weight is 225 g/mol. The molecule has 0 spiro atoms. The van der Waals surface area contributed by atoms with Crippen molar-refractivity contribution in [3.8, 4) is 0 Å². The van der Waals surface area contributed by atoms with Gasteiger partial charge in [-0.05, 0) is 24.6 Å². The minimum absolute atomic E-state index is 0.0620. The van der Waals surface area contributed by atoms with Crippen LogP contribution in [0.15, 0.2) is 17.1 Å². The lowest BCUT2D eigenvalue weighted by atomic mass is 10.2. The number of rotatable bonds is 1. The average Bonchev–Trinajstić information content (AvgIpc) is 2.27. The van der Waals surface area contributed by atoms with Crippen molar-refractivity contribution in [2.24, 2.45) is 0 Å². The SMILES string of the molecule is C/C=c1/c(=O)n(S)cc/c1=C/CC.CC. The summed E-state index contributed by atoms with van der Waals surface area (Å²) in [5, 5.41) is 1.71. The number of pyridine rings is 1. The molecule has 0 saturated heterocycles. The van der Waals surface area contributed by atoms with Gasteiger partial charge >= 0.3 is 0 Å². The van der Waals surface area contributed by atoms with Gasteiger partial charge in [0, 0.05) is 11.4 Å². The van der Waals surface area contributed by atoms with Gasteiger partial charge in [-0.3, -0.25) is 8.77 Å². The molecule has 0 aliphatic heterocycles. The van der Waals surface area contributed by atoms with E-state index in [9.17, 15) is 4.79 Å². The number of thiol groups is 1. The van der Waals surface area contributed by atoms with Crippen LogP contribution in [0.2, 0.25) is 0 Å². The highest BCUT2D eigenvalue weighted by atomic mass is 32.1. The van der Waals surface area contributed by atoms with Gasteiger partial charge in [0.1, 0.15) is 0 Å². The first kappa shape index (κ1) is 14.0. The fraction of sp³-hybridized carbons (Fsp3) is 0.417. The van der Waals surface area contributed by atoms with Crippen LogP contribution in [0.4, 0.5) is 0 Å². The monoisotopic (exact) mass is 225 g/mol. The molecule has 1 aromatic rings. The minimum atomic E-state index is -0.0620. The van der Waals surface area contributed by atoms with Crippen LogP contribution in [0.5, 0.6) is 0 Å². The first-order valence-electron chi connectivity index (χ1n) is 5.28. The van der Waals surface area contributed by atoms with Gasteiger partial charge in [0.15, 0.2) is 0 Å². The van der Waals surface area contributed by atoms with Crippen molar-refractivity contribution >= 4 is 25.0 Å². The molecule has 0 radical (unpaired) electrons. The molecule has 0 bridgehead atoms. The van der Waals surface area contributed by atoms with Crippen LogP contribution in [0.1, 0.15) is 34.1 Å². The Balaban J connectivity index is 0.000000921. The van der Waals surface area contributed by atoms with E-state index in [1.54, 1.807) is 6.20 Å². The summed E-state index contributed by atoms with van der Waals surface area (Å²) in [6.07, 6.45) is 6.44. The largest absolute Gasteiger partial charge is 0.268 e. The second-order valence-electron chi connectivity index (χ2n) is 2.74. The predicted octanol–water partition coefficient (Wildman–Crippen LogP) is 1.56. The third-order valence-corrected chi connectivity index (χ3v) is 2.17. The highest BCUT2D eigenvalue weighted by molar-refractivity contribution is 7.78. The van der Waals surface area contributed by atoms with Crippen LogP contribution in [0, 0.1) is 0 Å². The summed E-state index contributed by atoms with van der Waals surface area (Å²) in [6.45, 7) is 7.91. The van der Waals surface area contributed by atoms with E-state index >= 15 is 0 Å². The van der Waals surface area contributed by atoms with Crippen LogP contribution in [-0.2, 0) is 0 Å². The molecule has 1 heterocycles. The molecule has 0 aliphatic carbocycles. The lowest BCUT2D eigenvalue weighted by molar-refractivity contribution is 1.11. The van der Waals surface area contributed by atoms with E-state index < -0.39 is 0 Å². The second-order valence-corrected chi connectivity index (χ2v) is 3.17. The van der Waals surface area contributed by atoms with Crippen LogP contribution >= 0.6 is 12.8 Å². The maximum Gasteiger partial charge on any atom is 0.267 e. The van der Waals surface area contributed by atoms with Gasteiger partial charge in [-0.25, -0.2) is 0 Å². The lowest BCUT2D eigenvalue weighted by Gasteiger charge is -1.94. The molecular weight excluding hydrogens is 206 g/mol. The van der Waals surface area contributed by atoms with Crippen LogP contribution in [0.25, 0.3) is 12.2 Å². The van der Waals surface area contributed by atoms with Crippen LogP contribution in [-0.4, -0.2) is 3.97 Å². The van der Waals surface area contributed by atoms with Gasteiger partial charge in [0.05, 0.1) is 0 Å². The summed E-state index contributed by atoms with van der Waals surface area (Å²) < 4.78 is 1.29. The van der Waals surface area contributed by atoms with Gasteiger partial charge < -0.3 is 0 Å². The second kappa shape index (κ2) is 7.35. The minimum Gasteiger partial charge on any atom is -0.268 e. The molecule has 0 atom stereocenters. The van der Waals surface area contributed by atoms with Crippen molar-refractivity contribution in [1.29, 1.82) is 0 Å². The molecule has 0 fully saturated rings. The summed E-state index contributed by atoms with van der Waals surface area (Å²) in [4.78, 5) is 11.5. The Hall–Kier alpha value is -0.960. The van der Waals surface area contributed by atoms with E-state index in [4.69, 9.17) is 0 Å². The van der Waals surface area contributed by atoms with E-state index in [1.807, 2.05) is 45.9 Å². The molecule has 0 aromatic carbocycles. The fourth-order valence-electron chi connectivity index (χ4n) is 1.24. The quantitative estimate of drug-likeness (QED) is 0.720. The third-order valence-electron chi connectivity index (χ3n) is 1.86. The Bertz CT molecular complexity index is 459. The molecule has 3 heteroatoms. The van der Waals surface area contributed by atoms with Gasteiger partial charge in [-0.15, -0.1) is 0 Å². The van der Waals surface area contributed by atoms with Crippen LogP contribution in [0.3, 0.4) is 0 Å². The number of hydrogen-bond donors (Lipinski definition) is 1. The topological polar surface area (TPSA) is 22.0 Å². The van der Waals surface area contributed by atoms with Gasteiger partial charge in [-0.1, -0.05) is 45.7 Å². The zero-order valence-electron chi connectivity index (χ0n) is 9.82. The summed E-state index contributed by atoms with van der Waals surface area (Å²) in [5.74, 6) is 0. The summed E-state index contributed by atoms with van der Waals surface area (Å²) in [6, 6.07) is 1.90. The molecule has 2 nitrogen and oxygen atoms in total. The Morgan fingerprint density at radius 3 is 2.53 bits per heavy atom. The number of hydrogen-bond acceptors (Lipinski definition) is 2. The number of aromatic nitrogens is 1. The summed E-state index contributed by atoms with van der Waals surface area (Å²) in [7, 11) is 0. The van der Waals surface area contributed by atoms with Crippen molar-refractivity contribution in [1.82, 2.24) is 3.97 Å². The Morgan fingerprint density at radius 2 is 2.07 bits per heavy atom. The van der Waals surface area contributed by atoms with E-state index in [0.29, 0.717) is 0 Å². The van der Waals surface area contributed by atoms with E-state index in [1.165, 1.54) is 3.97 Å². The van der Waals surface area contributed by atoms with Crippen molar-refractivity contribution in [2.75, 3.05) is 0 Å². The van der Waals surface area contributed by atoms with E-state index in [0.717, 1.165) is 16.9 Å². The summed E-state index contributed by atoms with van der Waals surface area (Å²) >= 11 is 4.01. The van der Waals surface area contributed by atoms with Crippen molar-refractivity contribution in [3.63, 3.8) is 0 Å². The van der Waals surface area contributed by atoms with Gasteiger partial charge in [0.2, 0.25) is 0 Å². The predicted molar refractivity (Wildman–Crippen MR) is 70.6 cm³/mol. The van der Waals surface area contributed by atoms with E-state index in [-0.39, 0.29) is 5.56 Å². The molecule has 15 heavy (non-hydrogen) atoms. The summed E-state index contributed by atoms with van der Waals surface area (Å²) in [5.41, 5.74) is -0.0620. The normalized spacial score (nSPS) is 12.3. The molecule has 84 valence electrons. The standard InChI is InChI=1S/C10H13NOS.C2H6/c1-3-5-8-6-7-11(13)10(12)9(8)4-2;1-2/h4-7,13H,3H2,1-2H3;1-2H3/b8-5-,9-4+;. The fourth-order valence-corrected chi connectivity index (χ4v) is 1.42. The molecule has 0 N–H and O–H groups in total. The maximum atomic E-state index is 11.5. The molecular formula is C12H19NOS. The molecule has 0 aliphatic rings. The zero-order valence-corrected chi connectivity index (χ0v) is 10.7.